The number of rotatable bonds is 4. The predicted molar refractivity (Wildman–Crippen MR) is 117 cm³/mol. The van der Waals surface area contributed by atoms with Gasteiger partial charge in [0.25, 0.3) is 5.91 Å². The molecule has 2 aromatic carbocycles. The van der Waals surface area contributed by atoms with Gasteiger partial charge in [0.2, 0.25) is 0 Å². The van der Waals surface area contributed by atoms with Crippen LogP contribution in [0.4, 0.5) is 5.69 Å². The summed E-state index contributed by atoms with van der Waals surface area (Å²) < 4.78 is 7.63. The third-order valence-corrected chi connectivity index (χ3v) is 5.64. The van der Waals surface area contributed by atoms with E-state index < -0.39 is 5.91 Å². The molecule has 152 valence electrons. The van der Waals surface area contributed by atoms with Gasteiger partial charge in [0.15, 0.2) is 0 Å². The molecule has 0 saturated carbocycles. The fraction of sp³-hybridized carbons (Fsp3) is 0.261. The van der Waals surface area contributed by atoms with Crippen molar-refractivity contribution in [2.75, 3.05) is 31.2 Å². The van der Waals surface area contributed by atoms with Crippen molar-refractivity contribution in [3.63, 3.8) is 0 Å². The predicted octanol–water partition coefficient (Wildman–Crippen LogP) is 3.07. The van der Waals surface area contributed by atoms with E-state index in [0.717, 1.165) is 53.1 Å². The van der Waals surface area contributed by atoms with E-state index in [-0.39, 0.29) is 0 Å². The minimum atomic E-state index is -0.470. The number of ether oxygens (including phenoxy) is 1. The number of amides is 1. The molecule has 1 fully saturated rings. The topological polar surface area (TPSA) is 86.3 Å². The molecule has 1 saturated heterocycles. The number of para-hydroxylation sites is 1. The van der Waals surface area contributed by atoms with Crippen LogP contribution in [0.5, 0.6) is 0 Å². The molecule has 1 amide bonds. The standard InChI is InChI=1S/C23H23N5O2/c1-2-21-26-22-17(23(24)29)13-15(27-9-11-30-12-10-27)14-20(22)28(21)19-7-8-25-18-6-4-3-5-16(18)19/h3-8,13-14H,2,9-12H2,1H3,(H2,24,29). The van der Waals surface area contributed by atoms with Crippen LogP contribution in [0, 0.1) is 0 Å². The second-order valence-electron chi connectivity index (χ2n) is 7.39. The van der Waals surface area contributed by atoms with Crippen LogP contribution in [-0.2, 0) is 11.2 Å². The quantitative estimate of drug-likeness (QED) is 0.568. The zero-order chi connectivity index (χ0) is 20.7. The molecule has 30 heavy (non-hydrogen) atoms. The molecule has 1 aliphatic rings. The van der Waals surface area contributed by atoms with E-state index in [9.17, 15) is 4.79 Å². The smallest absolute Gasteiger partial charge is 0.251 e. The van der Waals surface area contributed by atoms with Gasteiger partial charge in [-0.1, -0.05) is 25.1 Å². The van der Waals surface area contributed by atoms with Crippen molar-refractivity contribution >= 4 is 33.5 Å². The lowest BCUT2D eigenvalue weighted by Gasteiger charge is -2.29. The molecule has 0 aliphatic carbocycles. The maximum Gasteiger partial charge on any atom is 0.251 e. The Hall–Kier alpha value is -3.45. The lowest BCUT2D eigenvalue weighted by Crippen LogP contribution is -2.36. The molecule has 0 spiro atoms. The number of aromatic nitrogens is 3. The Morgan fingerprint density at radius 1 is 1.17 bits per heavy atom. The molecule has 7 nitrogen and oxygen atoms in total. The number of carbonyl (C=O) groups is 1. The Labute approximate surface area is 174 Å². The average Bonchev–Trinajstić information content (AvgIpc) is 3.17. The van der Waals surface area contributed by atoms with Gasteiger partial charge in [0.1, 0.15) is 11.3 Å². The molecule has 7 heteroatoms. The summed E-state index contributed by atoms with van der Waals surface area (Å²) in [6.07, 6.45) is 2.53. The van der Waals surface area contributed by atoms with E-state index in [4.69, 9.17) is 15.5 Å². The van der Waals surface area contributed by atoms with Crippen molar-refractivity contribution < 1.29 is 9.53 Å². The SMILES string of the molecule is CCc1nc2c(C(N)=O)cc(N3CCOCC3)cc2n1-c1ccnc2ccccc12. The molecule has 5 rings (SSSR count). The van der Waals surface area contributed by atoms with Crippen LogP contribution in [0.2, 0.25) is 0 Å². The number of carbonyl (C=O) groups excluding carboxylic acids is 1. The number of fused-ring (bicyclic) bond motifs is 2. The first-order valence-corrected chi connectivity index (χ1v) is 10.2. The molecule has 4 aromatic rings. The lowest BCUT2D eigenvalue weighted by molar-refractivity contribution is 0.100. The summed E-state index contributed by atoms with van der Waals surface area (Å²) in [5.41, 5.74) is 10.6. The zero-order valence-electron chi connectivity index (χ0n) is 16.8. The number of primary amides is 1. The average molecular weight is 401 g/mol. The van der Waals surface area contributed by atoms with Gasteiger partial charge in [-0.2, -0.15) is 0 Å². The zero-order valence-corrected chi connectivity index (χ0v) is 16.8. The van der Waals surface area contributed by atoms with Crippen LogP contribution >= 0.6 is 0 Å². The van der Waals surface area contributed by atoms with E-state index in [0.29, 0.717) is 24.3 Å². The molecule has 0 unspecified atom stereocenters. The molecule has 2 N–H and O–H groups in total. The summed E-state index contributed by atoms with van der Waals surface area (Å²) in [5, 5.41) is 1.03. The van der Waals surface area contributed by atoms with Crippen LogP contribution in [0.1, 0.15) is 23.1 Å². The number of hydrogen-bond donors (Lipinski definition) is 1. The van der Waals surface area contributed by atoms with Gasteiger partial charge < -0.3 is 15.4 Å². The van der Waals surface area contributed by atoms with Crippen molar-refractivity contribution in [1.82, 2.24) is 14.5 Å². The van der Waals surface area contributed by atoms with Crippen LogP contribution in [0.15, 0.2) is 48.7 Å². The van der Waals surface area contributed by atoms with Crippen molar-refractivity contribution in [3.05, 3.63) is 60.0 Å². The van der Waals surface area contributed by atoms with Gasteiger partial charge in [-0.3, -0.25) is 14.3 Å². The highest BCUT2D eigenvalue weighted by Crippen LogP contribution is 2.32. The molecule has 1 aliphatic heterocycles. The monoisotopic (exact) mass is 401 g/mol. The number of aryl methyl sites for hydroxylation is 1. The normalized spacial score (nSPS) is 14.5. The van der Waals surface area contributed by atoms with E-state index in [1.807, 2.05) is 36.5 Å². The van der Waals surface area contributed by atoms with Gasteiger partial charge in [-0.25, -0.2) is 4.98 Å². The number of nitrogens with two attached hydrogens (primary N) is 1. The van der Waals surface area contributed by atoms with Gasteiger partial charge in [0, 0.05) is 36.8 Å². The Bertz CT molecular complexity index is 1250. The first kappa shape index (κ1) is 18.6. The maximum atomic E-state index is 12.3. The second-order valence-corrected chi connectivity index (χ2v) is 7.39. The minimum Gasteiger partial charge on any atom is -0.378 e. The van der Waals surface area contributed by atoms with E-state index in [1.54, 1.807) is 0 Å². The number of hydrogen-bond acceptors (Lipinski definition) is 5. The molecule has 3 heterocycles. The van der Waals surface area contributed by atoms with E-state index >= 15 is 0 Å². The molecule has 2 aromatic heterocycles. The van der Waals surface area contributed by atoms with Gasteiger partial charge in [-0.15, -0.1) is 0 Å². The van der Waals surface area contributed by atoms with Gasteiger partial charge in [0.05, 0.1) is 35.5 Å². The molecule has 0 bridgehead atoms. The molecular formula is C23H23N5O2. The highest BCUT2D eigenvalue weighted by Gasteiger charge is 2.22. The Morgan fingerprint density at radius 3 is 2.73 bits per heavy atom. The fourth-order valence-electron chi connectivity index (χ4n) is 4.18. The summed E-state index contributed by atoms with van der Waals surface area (Å²) in [6.45, 7) is 4.94. The Kier molecular flexibility index (Phi) is 4.59. The Balaban J connectivity index is 1.82. The first-order valence-electron chi connectivity index (χ1n) is 10.2. The minimum absolute atomic E-state index is 0.445. The highest BCUT2D eigenvalue weighted by molar-refractivity contribution is 6.06. The fourth-order valence-corrected chi connectivity index (χ4v) is 4.18. The Morgan fingerprint density at radius 2 is 1.97 bits per heavy atom. The molecule has 0 radical (unpaired) electrons. The van der Waals surface area contributed by atoms with Crippen molar-refractivity contribution in [2.45, 2.75) is 13.3 Å². The number of benzene rings is 2. The van der Waals surface area contributed by atoms with Crippen LogP contribution in [0.25, 0.3) is 27.6 Å². The summed E-state index contributed by atoms with van der Waals surface area (Å²) in [5.74, 6) is 0.407. The van der Waals surface area contributed by atoms with Crippen LogP contribution < -0.4 is 10.6 Å². The third kappa shape index (κ3) is 2.98. The second kappa shape index (κ2) is 7.42. The summed E-state index contributed by atoms with van der Waals surface area (Å²) in [4.78, 5) is 23.9. The number of anilines is 1. The van der Waals surface area contributed by atoms with Crippen molar-refractivity contribution in [2.24, 2.45) is 5.73 Å². The number of morpholine rings is 1. The summed E-state index contributed by atoms with van der Waals surface area (Å²) >= 11 is 0. The van der Waals surface area contributed by atoms with Crippen molar-refractivity contribution in [1.29, 1.82) is 0 Å². The molecular weight excluding hydrogens is 378 g/mol. The van der Waals surface area contributed by atoms with Crippen LogP contribution in [-0.4, -0.2) is 46.7 Å². The van der Waals surface area contributed by atoms with Crippen molar-refractivity contribution in [3.8, 4) is 5.69 Å². The molecule has 0 atom stereocenters. The summed E-state index contributed by atoms with van der Waals surface area (Å²) in [7, 11) is 0. The van der Waals surface area contributed by atoms with Gasteiger partial charge >= 0.3 is 0 Å². The van der Waals surface area contributed by atoms with Crippen LogP contribution in [0.3, 0.4) is 0 Å². The summed E-state index contributed by atoms with van der Waals surface area (Å²) in [6, 6.07) is 14.0. The number of pyridine rings is 1. The van der Waals surface area contributed by atoms with E-state index in [1.165, 1.54) is 0 Å². The number of nitrogens with zero attached hydrogens (tertiary/aromatic N) is 4. The first-order chi connectivity index (χ1) is 14.7. The largest absolute Gasteiger partial charge is 0.378 e. The number of imidazole rings is 1. The van der Waals surface area contributed by atoms with Gasteiger partial charge in [-0.05, 0) is 24.3 Å². The third-order valence-electron chi connectivity index (χ3n) is 5.64. The maximum absolute atomic E-state index is 12.3. The highest BCUT2D eigenvalue weighted by atomic mass is 16.5. The van der Waals surface area contributed by atoms with E-state index in [2.05, 4.69) is 33.5 Å². The lowest BCUT2D eigenvalue weighted by atomic mass is 10.1.